The van der Waals surface area contributed by atoms with E-state index in [1.807, 2.05) is 24.4 Å². The molecular weight excluding hydrogens is 180 g/mol. The van der Waals surface area contributed by atoms with E-state index in [4.69, 9.17) is 9.94 Å². The first-order valence-electron chi connectivity index (χ1n) is 4.36. The minimum Gasteiger partial charge on any atom is -0.497 e. The second-order valence-corrected chi connectivity index (χ2v) is 3.06. The number of hydroxylamine groups is 1. The van der Waals surface area contributed by atoms with Crippen LogP contribution in [0.15, 0.2) is 24.4 Å². The van der Waals surface area contributed by atoms with Gasteiger partial charge in [0.15, 0.2) is 0 Å². The van der Waals surface area contributed by atoms with Crippen LogP contribution in [0.25, 0.3) is 10.9 Å². The molecule has 0 unspecified atom stereocenters. The van der Waals surface area contributed by atoms with Crippen molar-refractivity contribution in [3.63, 3.8) is 0 Å². The minimum absolute atomic E-state index is 0.424. The van der Waals surface area contributed by atoms with Crippen LogP contribution in [-0.4, -0.2) is 17.3 Å². The normalized spacial score (nSPS) is 10.7. The zero-order chi connectivity index (χ0) is 9.97. The Bertz CT molecular complexity index is 437. The molecule has 0 saturated heterocycles. The first-order chi connectivity index (χ1) is 6.85. The molecule has 4 heteroatoms. The third-order valence-corrected chi connectivity index (χ3v) is 2.24. The summed E-state index contributed by atoms with van der Waals surface area (Å²) in [6.07, 6.45) is 1.87. The van der Waals surface area contributed by atoms with Crippen molar-refractivity contribution >= 4 is 10.9 Å². The second-order valence-electron chi connectivity index (χ2n) is 3.06. The number of rotatable bonds is 3. The molecule has 74 valence electrons. The summed E-state index contributed by atoms with van der Waals surface area (Å²) < 4.78 is 5.13. The summed E-state index contributed by atoms with van der Waals surface area (Å²) in [6, 6.07) is 5.79. The third kappa shape index (κ3) is 1.45. The number of aromatic amines is 1. The topological polar surface area (TPSA) is 57.3 Å². The molecule has 0 bridgehead atoms. The molecule has 0 aliphatic rings. The fourth-order valence-electron chi connectivity index (χ4n) is 1.52. The summed E-state index contributed by atoms with van der Waals surface area (Å²) >= 11 is 0. The Labute approximate surface area is 81.5 Å². The van der Waals surface area contributed by atoms with Crippen LogP contribution >= 0.6 is 0 Å². The van der Waals surface area contributed by atoms with Gasteiger partial charge in [-0.1, -0.05) is 0 Å². The average Bonchev–Trinajstić information content (AvgIpc) is 2.61. The van der Waals surface area contributed by atoms with Crippen LogP contribution in [0.4, 0.5) is 0 Å². The van der Waals surface area contributed by atoms with E-state index >= 15 is 0 Å². The van der Waals surface area contributed by atoms with Crippen LogP contribution in [0.2, 0.25) is 0 Å². The molecule has 1 heterocycles. The quantitative estimate of drug-likeness (QED) is 0.648. The number of fused-ring (bicyclic) bond motifs is 1. The molecular formula is C10H12N2O2. The molecule has 0 fully saturated rings. The van der Waals surface area contributed by atoms with Crippen LogP contribution in [0.3, 0.4) is 0 Å². The van der Waals surface area contributed by atoms with E-state index in [0.29, 0.717) is 6.54 Å². The largest absolute Gasteiger partial charge is 0.497 e. The standard InChI is InChI=1S/C10H12N2O2/c1-14-8-2-3-10-9(4-8)7(5-11-10)6-12-13/h2-5,11-13H,6H2,1H3. The molecule has 1 aromatic carbocycles. The van der Waals surface area contributed by atoms with E-state index in [1.165, 1.54) is 0 Å². The van der Waals surface area contributed by atoms with Crippen LogP contribution in [0.1, 0.15) is 5.56 Å². The minimum atomic E-state index is 0.424. The predicted octanol–water partition coefficient (Wildman–Crippen LogP) is 1.66. The van der Waals surface area contributed by atoms with Crippen molar-refractivity contribution in [1.29, 1.82) is 0 Å². The smallest absolute Gasteiger partial charge is 0.119 e. The lowest BCUT2D eigenvalue weighted by Crippen LogP contribution is -2.05. The maximum atomic E-state index is 8.63. The zero-order valence-electron chi connectivity index (χ0n) is 7.87. The molecule has 0 spiro atoms. The summed E-state index contributed by atoms with van der Waals surface area (Å²) in [5, 5.41) is 9.69. The predicted molar refractivity (Wildman–Crippen MR) is 53.5 cm³/mol. The maximum Gasteiger partial charge on any atom is 0.119 e. The van der Waals surface area contributed by atoms with Gasteiger partial charge in [0, 0.05) is 23.6 Å². The van der Waals surface area contributed by atoms with Crippen LogP contribution in [0, 0.1) is 0 Å². The highest BCUT2D eigenvalue weighted by Gasteiger charge is 2.03. The average molecular weight is 192 g/mol. The lowest BCUT2D eigenvalue weighted by molar-refractivity contribution is 0.161. The number of aromatic nitrogens is 1. The van der Waals surface area contributed by atoms with E-state index in [0.717, 1.165) is 22.2 Å². The molecule has 2 rings (SSSR count). The second kappa shape index (κ2) is 3.69. The Hall–Kier alpha value is -1.52. The van der Waals surface area contributed by atoms with E-state index < -0.39 is 0 Å². The van der Waals surface area contributed by atoms with Crippen molar-refractivity contribution in [1.82, 2.24) is 10.5 Å². The molecule has 0 radical (unpaired) electrons. The van der Waals surface area contributed by atoms with Crippen LogP contribution in [-0.2, 0) is 6.54 Å². The number of H-pyrrole nitrogens is 1. The van der Waals surface area contributed by atoms with E-state index in [9.17, 15) is 0 Å². The summed E-state index contributed by atoms with van der Waals surface area (Å²) in [6.45, 7) is 0.424. The fraction of sp³-hybridized carbons (Fsp3) is 0.200. The molecule has 0 aliphatic carbocycles. The highest BCUT2D eigenvalue weighted by molar-refractivity contribution is 5.84. The van der Waals surface area contributed by atoms with Gasteiger partial charge in [-0.3, -0.25) is 0 Å². The number of benzene rings is 1. The van der Waals surface area contributed by atoms with Gasteiger partial charge in [-0.05, 0) is 23.8 Å². The van der Waals surface area contributed by atoms with Gasteiger partial charge in [-0.15, -0.1) is 0 Å². The zero-order valence-corrected chi connectivity index (χ0v) is 7.87. The molecule has 4 nitrogen and oxygen atoms in total. The van der Waals surface area contributed by atoms with Gasteiger partial charge in [0.25, 0.3) is 0 Å². The monoisotopic (exact) mass is 192 g/mol. The number of methoxy groups -OCH3 is 1. The summed E-state index contributed by atoms with van der Waals surface area (Å²) in [5.41, 5.74) is 4.19. The maximum absolute atomic E-state index is 8.63. The SMILES string of the molecule is COc1ccc2[nH]cc(CNO)c2c1. The van der Waals surface area contributed by atoms with Crippen LogP contribution < -0.4 is 10.2 Å². The number of hydrogen-bond acceptors (Lipinski definition) is 3. The Balaban J connectivity index is 2.52. The molecule has 2 aromatic rings. The first-order valence-corrected chi connectivity index (χ1v) is 4.36. The molecule has 0 amide bonds. The fourth-order valence-corrected chi connectivity index (χ4v) is 1.52. The van der Waals surface area contributed by atoms with Crippen molar-refractivity contribution in [3.05, 3.63) is 30.0 Å². The van der Waals surface area contributed by atoms with Gasteiger partial charge in [0.05, 0.1) is 7.11 Å². The molecule has 0 aliphatic heterocycles. The van der Waals surface area contributed by atoms with Gasteiger partial charge in [-0.2, -0.15) is 0 Å². The number of nitrogens with one attached hydrogen (secondary N) is 2. The Morgan fingerprint density at radius 1 is 1.50 bits per heavy atom. The molecule has 1 aromatic heterocycles. The molecule has 0 saturated carbocycles. The van der Waals surface area contributed by atoms with Gasteiger partial charge in [-0.25, -0.2) is 5.48 Å². The molecule has 14 heavy (non-hydrogen) atoms. The lowest BCUT2D eigenvalue weighted by Gasteiger charge is -2.00. The number of ether oxygens (including phenoxy) is 1. The lowest BCUT2D eigenvalue weighted by atomic mass is 10.1. The van der Waals surface area contributed by atoms with Crippen LogP contribution in [0.5, 0.6) is 5.75 Å². The van der Waals surface area contributed by atoms with E-state index in [1.54, 1.807) is 7.11 Å². The van der Waals surface area contributed by atoms with Crippen molar-refractivity contribution < 1.29 is 9.94 Å². The highest BCUT2D eigenvalue weighted by atomic mass is 16.5. The Kier molecular flexibility index (Phi) is 2.39. The number of hydrogen-bond donors (Lipinski definition) is 3. The van der Waals surface area contributed by atoms with Gasteiger partial charge in [0.2, 0.25) is 0 Å². The highest BCUT2D eigenvalue weighted by Crippen LogP contribution is 2.23. The van der Waals surface area contributed by atoms with Gasteiger partial charge in [0.1, 0.15) is 5.75 Å². The first kappa shape index (κ1) is 9.05. The Morgan fingerprint density at radius 3 is 3.07 bits per heavy atom. The Morgan fingerprint density at radius 2 is 2.36 bits per heavy atom. The summed E-state index contributed by atoms with van der Waals surface area (Å²) in [7, 11) is 1.64. The van der Waals surface area contributed by atoms with Crippen molar-refractivity contribution in [2.75, 3.05) is 7.11 Å². The van der Waals surface area contributed by atoms with Gasteiger partial charge >= 0.3 is 0 Å². The third-order valence-electron chi connectivity index (χ3n) is 2.24. The van der Waals surface area contributed by atoms with Crippen molar-refractivity contribution in [2.45, 2.75) is 6.54 Å². The van der Waals surface area contributed by atoms with Crippen molar-refractivity contribution in [3.8, 4) is 5.75 Å². The van der Waals surface area contributed by atoms with Crippen molar-refractivity contribution in [2.24, 2.45) is 0 Å². The molecule has 3 N–H and O–H groups in total. The summed E-state index contributed by atoms with van der Waals surface area (Å²) in [5.74, 6) is 0.816. The summed E-state index contributed by atoms with van der Waals surface area (Å²) in [4.78, 5) is 3.12. The molecule has 0 atom stereocenters. The van der Waals surface area contributed by atoms with E-state index in [2.05, 4.69) is 10.5 Å². The van der Waals surface area contributed by atoms with Gasteiger partial charge < -0.3 is 14.9 Å². The van der Waals surface area contributed by atoms with E-state index in [-0.39, 0.29) is 0 Å².